The Labute approximate surface area is 68.6 Å². The molecule has 0 heterocycles. The molecule has 0 radical (unpaired) electrons. The number of aliphatic hydroxyl groups excluding tert-OH is 2. The fourth-order valence-electron chi connectivity index (χ4n) is 0.865. The molecular formula is C9H18O2. The second kappa shape index (κ2) is 7.76. The minimum absolute atomic E-state index is 0.175. The van der Waals surface area contributed by atoms with E-state index in [2.05, 4.69) is 6.92 Å². The van der Waals surface area contributed by atoms with Crippen molar-refractivity contribution in [2.75, 3.05) is 6.61 Å². The lowest BCUT2D eigenvalue weighted by Gasteiger charge is -2.04. The molecule has 0 aromatic rings. The maximum atomic E-state index is 9.24. The zero-order valence-electron chi connectivity index (χ0n) is 7.16. The maximum Gasteiger partial charge on any atom is 0.0575 e. The molecule has 0 saturated heterocycles. The summed E-state index contributed by atoms with van der Waals surface area (Å²) in [4.78, 5) is 0. The van der Waals surface area contributed by atoms with Crippen molar-refractivity contribution in [3.05, 3.63) is 12.2 Å². The van der Waals surface area contributed by atoms with E-state index in [1.807, 2.05) is 12.2 Å². The van der Waals surface area contributed by atoms with Crippen molar-refractivity contribution in [2.45, 2.75) is 38.7 Å². The van der Waals surface area contributed by atoms with Crippen LogP contribution in [0.3, 0.4) is 0 Å². The van der Waals surface area contributed by atoms with Crippen molar-refractivity contribution in [1.82, 2.24) is 0 Å². The Morgan fingerprint density at radius 3 is 2.64 bits per heavy atom. The van der Waals surface area contributed by atoms with E-state index in [1.54, 1.807) is 0 Å². The third-order valence-electron chi connectivity index (χ3n) is 1.51. The summed E-state index contributed by atoms with van der Waals surface area (Å²) in [6.45, 7) is 2.24. The normalized spacial score (nSPS) is 14.1. The Bertz CT molecular complexity index is 99.7. The van der Waals surface area contributed by atoms with E-state index >= 15 is 0 Å². The third-order valence-corrected chi connectivity index (χ3v) is 1.51. The largest absolute Gasteiger partial charge is 0.396 e. The minimum atomic E-state index is -0.273. The number of hydrogen-bond acceptors (Lipinski definition) is 2. The number of aliphatic hydroxyl groups is 2. The molecule has 11 heavy (non-hydrogen) atoms. The van der Waals surface area contributed by atoms with Crippen molar-refractivity contribution in [3.63, 3.8) is 0 Å². The minimum Gasteiger partial charge on any atom is -0.396 e. The Balaban J connectivity index is 3.21. The van der Waals surface area contributed by atoms with Gasteiger partial charge in [-0.2, -0.15) is 0 Å². The molecule has 0 aliphatic rings. The van der Waals surface area contributed by atoms with Crippen molar-refractivity contribution in [3.8, 4) is 0 Å². The first-order valence-corrected chi connectivity index (χ1v) is 4.25. The first-order valence-electron chi connectivity index (χ1n) is 4.25. The van der Waals surface area contributed by atoms with Crippen LogP contribution in [0.5, 0.6) is 0 Å². The lowest BCUT2D eigenvalue weighted by atomic mass is 10.1. The first kappa shape index (κ1) is 10.7. The average Bonchev–Trinajstić information content (AvgIpc) is 2.01. The second-order valence-electron chi connectivity index (χ2n) is 2.64. The molecule has 0 rings (SSSR count). The summed E-state index contributed by atoms with van der Waals surface area (Å²) in [6, 6.07) is 0. The Hall–Kier alpha value is -0.340. The highest BCUT2D eigenvalue weighted by molar-refractivity contribution is 4.82. The van der Waals surface area contributed by atoms with Crippen LogP contribution >= 0.6 is 0 Å². The molecule has 2 N–H and O–H groups in total. The van der Waals surface area contributed by atoms with E-state index < -0.39 is 0 Å². The Morgan fingerprint density at radius 1 is 1.36 bits per heavy atom. The Kier molecular flexibility index (Phi) is 7.52. The van der Waals surface area contributed by atoms with Crippen molar-refractivity contribution in [1.29, 1.82) is 0 Å². The topological polar surface area (TPSA) is 40.5 Å². The Morgan fingerprint density at radius 2 is 2.09 bits per heavy atom. The standard InChI is InChI=1S/C9H18O2/c1-2-3-4-6-9(11)7-5-8-10/h3-4,9-11H,2,5-8H2,1H3/b4-3+. The van der Waals surface area contributed by atoms with Crippen LogP contribution in [0, 0.1) is 0 Å². The van der Waals surface area contributed by atoms with Gasteiger partial charge in [-0.25, -0.2) is 0 Å². The van der Waals surface area contributed by atoms with Gasteiger partial charge in [0.2, 0.25) is 0 Å². The summed E-state index contributed by atoms with van der Waals surface area (Å²) < 4.78 is 0. The van der Waals surface area contributed by atoms with Gasteiger partial charge in [0.15, 0.2) is 0 Å². The predicted molar refractivity (Wildman–Crippen MR) is 46.4 cm³/mol. The molecule has 0 aromatic carbocycles. The number of allylic oxidation sites excluding steroid dienone is 1. The molecule has 2 heteroatoms. The summed E-state index contributed by atoms with van der Waals surface area (Å²) >= 11 is 0. The van der Waals surface area contributed by atoms with Crippen molar-refractivity contribution in [2.24, 2.45) is 0 Å². The highest BCUT2D eigenvalue weighted by Crippen LogP contribution is 2.02. The van der Waals surface area contributed by atoms with Gasteiger partial charge in [0.25, 0.3) is 0 Å². The highest BCUT2D eigenvalue weighted by Gasteiger charge is 1.99. The first-order chi connectivity index (χ1) is 5.31. The van der Waals surface area contributed by atoms with Gasteiger partial charge in [-0.3, -0.25) is 0 Å². The van der Waals surface area contributed by atoms with E-state index in [1.165, 1.54) is 0 Å². The molecule has 0 amide bonds. The van der Waals surface area contributed by atoms with Crippen LogP contribution in [-0.4, -0.2) is 22.9 Å². The van der Waals surface area contributed by atoms with E-state index in [0.29, 0.717) is 19.3 Å². The van der Waals surface area contributed by atoms with E-state index in [-0.39, 0.29) is 12.7 Å². The SMILES string of the molecule is CC/C=C/CC(O)CCCO. The molecule has 1 unspecified atom stereocenters. The van der Waals surface area contributed by atoms with Gasteiger partial charge in [0.05, 0.1) is 6.10 Å². The van der Waals surface area contributed by atoms with Crippen molar-refractivity contribution < 1.29 is 10.2 Å². The molecule has 0 aliphatic heterocycles. The van der Waals surface area contributed by atoms with E-state index in [9.17, 15) is 5.11 Å². The van der Waals surface area contributed by atoms with Crippen LogP contribution < -0.4 is 0 Å². The van der Waals surface area contributed by atoms with Crippen LogP contribution in [0.2, 0.25) is 0 Å². The zero-order chi connectivity index (χ0) is 8.53. The molecule has 1 atom stereocenters. The predicted octanol–water partition coefficient (Wildman–Crippen LogP) is 1.48. The summed E-state index contributed by atoms with van der Waals surface area (Å²) in [5, 5.41) is 17.7. The molecule has 66 valence electrons. The van der Waals surface area contributed by atoms with E-state index in [0.717, 1.165) is 6.42 Å². The molecular weight excluding hydrogens is 140 g/mol. The van der Waals surface area contributed by atoms with Gasteiger partial charge in [-0.1, -0.05) is 19.1 Å². The van der Waals surface area contributed by atoms with Crippen LogP contribution in [0.1, 0.15) is 32.6 Å². The second-order valence-corrected chi connectivity index (χ2v) is 2.64. The fraction of sp³-hybridized carbons (Fsp3) is 0.778. The van der Waals surface area contributed by atoms with Crippen LogP contribution in [0.15, 0.2) is 12.2 Å². The smallest absolute Gasteiger partial charge is 0.0575 e. The molecule has 2 nitrogen and oxygen atoms in total. The quantitative estimate of drug-likeness (QED) is 0.575. The highest BCUT2D eigenvalue weighted by atomic mass is 16.3. The van der Waals surface area contributed by atoms with Gasteiger partial charge in [0, 0.05) is 6.61 Å². The molecule has 0 saturated carbocycles. The summed E-state index contributed by atoms with van der Waals surface area (Å²) in [6.07, 6.45) is 6.89. The van der Waals surface area contributed by atoms with Crippen LogP contribution in [-0.2, 0) is 0 Å². The van der Waals surface area contributed by atoms with Gasteiger partial charge < -0.3 is 10.2 Å². The van der Waals surface area contributed by atoms with Gasteiger partial charge in [-0.15, -0.1) is 0 Å². The van der Waals surface area contributed by atoms with Gasteiger partial charge in [0.1, 0.15) is 0 Å². The molecule has 0 bridgehead atoms. The molecule has 0 spiro atoms. The number of hydrogen-bond donors (Lipinski definition) is 2. The summed E-state index contributed by atoms with van der Waals surface area (Å²) in [5.41, 5.74) is 0. The maximum absolute atomic E-state index is 9.24. The third kappa shape index (κ3) is 7.56. The lowest BCUT2D eigenvalue weighted by Crippen LogP contribution is -2.05. The van der Waals surface area contributed by atoms with Crippen LogP contribution in [0.4, 0.5) is 0 Å². The van der Waals surface area contributed by atoms with E-state index in [4.69, 9.17) is 5.11 Å². The lowest BCUT2D eigenvalue weighted by molar-refractivity contribution is 0.152. The number of rotatable bonds is 6. The molecule has 0 aromatic heterocycles. The zero-order valence-corrected chi connectivity index (χ0v) is 7.16. The fourth-order valence-corrected chi connectivity index (χ4v) is 0.865. The van der Waals surface area contributed by atoms with Crippen molar-refractivity contribution >= 4 is 0 Å². The molecule has 0 fully saturated rings. The van der Waals surface area contributed by atoms with Gasteiger partial charge >= 0.3 is 0 Å². The summed E-state index contributed by atoms with van der Waals surface area (Å²) in [5.74, 6) is 0. The van der Waals surface area contributed by atoms with Crippen LogP contribution in [0.25, 0.3) is 0 Å². The average molecular weight is 158 g/mol. The summed E-state index contributed by atoms with van der Waals surface area (Å²) in [7, 11) is 0. The monoisotopic (exact) mass is 158 g/mol. The molecule has 0 aliphatic carbocycles. The van der Waals surface area contributed by atoms with Gasteiger partial charge in [-0.05, 0) is 25.7 Å².